The minimum atomic E-state index is -0.132. The van der Waals surface area contributed by atoms with E-state index in [1.54, 1.807) is 25.4 Å². The van der Waals surface area contributed by atoms with Crippen LogP contribution in [0.4, 0.5) is 0 Å². The molecule has 29 heavy (non-hydrogen) atoms. The highest BCUT2D eigenvalue weighted by Crippen LogP contribution is 2.06. The number of guanidine groups is 1. The Morgan fingerprint density at radius 2 is 1.86 bits per heavy atom. The van der Waals surface area contributed by atoms with Crippen LogP contribution in [0.2, 0.25) is 0 Å². The number of aromatic nitrogens is 1. The van der Waals surface area contributed by atoms with Crippen molar-refractivity contribution in [3.63, 3.8) is 0 Å². The van der Waals surface area contributed by atoms with E-state index in [0.717, 1.165) is 30.4 Å². The lowest BCUT2D eigenvalue weighted by atomic mass is 10.1. The predicted octanol–water partition coefficient (Wildman–Crippen LogP) is 2.99. The second-order valence-electron chi connectivity index (χ2n) is 6.24. The van der Waals surface area contributed by atoms with E-state index in [9.17, 15) is 4.79 Å². The standard InChI is InChI=1S/C21H25N5O2.HI/c1-22-21(23-9-12-26-10-2-3-11-26)25-15-17-6-4-7-18(14-17)20(27)24-16-19-8-5-13-28-19;/h2-8,10-11,13-14H,9,12,15-16H2,1H3,(H,24,27)(H2,22,23,25);1H. The zero-order chi connectivity index (χ0) is 19.6. The minimum absolute atomic E-state index is 0. The Kier molecular flexibility index (Phi) is 9.29. The average molecular weight is 507 g/mol. The molecular formula is C21H26IN5O2. The van der Waals surface area contributed by atoms with Crippen LogP contribution in [0.15, 0.2) is 76.6 Å². The lowest BCUT2D eigenvalue weighted by molar-refractivity contribution is 0.0948. The molecule has 1 amide bonds. The second kappa shape index (κ2) is 11.9. The summed E-state index contributed by atoms with van der Waals surface area (Å²) in [6.45, 7) is 2.57. The number of nitrogens with zero attached hydrogens (tertiary/aromatic N) is 2. The van der Waals surface area contributed by atoms with Gasteiger partial charge in [0.25, 0.3) is 5.91 Å². The first kappa shape index (κ1) is 22.5. The summed E-state index contributed by atoms with van der Waals surface area (Å²) >= 11 is 0. The van der Waals surface area contributed by atoms with Gasteiger partial charge in [-0.1, -0.05) is 12.1 Å². The van der Waals surface area contributed by atoms with E-state index in [1.807, 2.05) is 48.8 Å². The fourth-order valence-electron chi connectivity index (χ4n) is 2.73. The van der Waals surface area contributed by atoms with Gasteiger partial charge >= 0.3 is 0 Å². The van der Waals surface area contributed by atoms with Crippen LogP contribution in [-0.2, 0) is 19.6 Å². The second-order valence-corrected chi connectivity index (χ2v) is 6.24. The van der Waals surface area contributed by atoms with Crippen LogP contribution in [0.1, 0.15) is 21.7 Å². The van der Waals surface area contributed by atoms with Gasteiger partial charge < -0.3 is 24.9 Å². The molecule has 3 rings (SSSR count). The Labute approximate surface area is 187 Å². The summed E-state index contributed by atoms with van der Waals surface area (Å²) in [7, 11) is 1.74. The number of benzene rings is 1. The van der Waals surface area contributed by atoms with Crippen LogP contribution >= 0.6 is 24.0 Å². The Morgan fingerprint density at radius 3 is 2.59 bits per heavy atom. The molecule has 0 saturated heterocycles. The van der Waals surface area contributed by atoms with Crippen molar-refractivity contribution in [2.24, 2.45) is 4.99 Å². The van der Waals surface area contributed by atoms with Crippen LogP contribution in [0.25, 0.3) is 0 Å². The van der Waals surface area contributed by atoms with E-state index in [0.29, 0.717) is 18.7 Å². The van der Waals surface area contributed by atoms with Crippen molar-refractivity contribution in [1.82, 2.24) is 20.5 Å². The summed E-state index contributed by atoms with van der Waals surface area (Å²) in [5, 5.41) is 9.40. The molecular weight excluding hydrogens is 481 g/mol. The van der Waals surface area contributed by atoms with Crippen molar-refractivity contribution in [3.8, 4) is 0 Å². The fraction of sp³-hybridized carbons (Fsp3) is 0.238. The molecule has 0 aliphatic heterocycles. The van der Waals surface area contributed by atoms with Gasteiger partial charge in [-0.2, -0.15) is 0 Å². The van der Waals surface area contributed by atoms with Gasteiger partial charge in [-0.3, -0.25) is 9.79 Å². The van der Waals surface area contributed by atoms with Gasteiger partial charge in [0.15, 0.2) is 5.96 Å². The van der Waals surface area contributed by atoms with E-state index in [1.165, 1.54) is 0 Å². The first-order valence-electron chi connectivity index (χ1n) is 9.19. The van der Waals surface area contributed by atoms with Gasteiger partial charge in [-0.25, -0.2) is 0 Å². The molecule has 0 unspecified atom stereocenters. The number of hydrogen-bond acceptors (Lipinski definition) is 3. The maximum absolute atomic E-state index is 12.3. The van der Waals surface area contributed by atoms with E-state index in [4.69, 9.17) is 4.42 Å². The van der Waals surface area contributed by atoms with E-state index >= 15 is 0 Å². The minimum Gasteiger partial charge on any atom is -0.467 e. The van der Waals surface area contributed by atoms with Crippen LogP contribution in [0, 0.1) is 0 Å². The highest BCUT2D eigenvalue weighted by atomic mass is 127. The lowest BCUT2D eigenvalue weighted by Gasteiger charge is -2.13. The number of nitrogens with one attached hydrogen (secondary N) is 3. The van der Waals surface area contributed by atoms with Crippen LogP contribution in [0.5, 0.6) is 0 Å². The van der Waals surface area contributed by atoms with Gasteiger partial charge in [0.1, 0.15) is 5.76 Å². The van der Waals surface area contributed by atoms with Crippen molar-refractivity contribution < 1.29 is 9.21 Å². The number of furan rings is 1. The maximum Gasteiger partial charge on any atom is 0.251 e. The van der Waals surface area contributed by atoms with Gasteiger partial charge in [0, 0.05) is 44.6 Å². The Bertz CT molecular complexity index is 892. The van der Waals surface area contributed by atoms with Gasteiger partial charge in [0.05, 0.1) is 12.8 Å². The monoisotopic (exact) mass is 507 g/mol. The number of aliphatic imine (C=N–C) groups is 1. The number of carbonyl (C=O) groups is 1. The molecule has 0 spiro atoms. The number of carbonyl (C=O) groups excluding carboxylic acids is 1. The fourth-order valence-corrected chi connectivity index (χ4v) is 2.73. The smallest absolute Gasteiger partial charge is 0.251 e. The topological polar surface area (TPSA) is 83.6 Å². The van der Waals surface area contributed by atoms with Gasteiger partial charge in [-0.05, 0) is 42.0 Å². The van der Waals surface area contributed by atoms with E-state index in [2.05, 4.69) is 25.5 Å². The molecule has 1 aromatic carbocycles. The molecule has 0 fully saturated rings. The summed E-state index contributed by atoms with van der Waals surface area (Å²) in [5.41, 5.74) is 1.61. The quantitative estimate of drug-likeness (QED) is 0.249. The molecule has 0 radical (unpaired) electrons. The van der Waals surface area contributed by atoms with Crippen molar-refractivity contribution in [2.45, 2.75) is 19.6 Å². The molecule has 0 aliphatic rings. The summed E-state index contributed by atoms with van der Waals surface area (Å²) in [6, 6.07) is 15.2. The molecule has 3 aromatic rings. The molecule has 0 bridgehead atoms. The van der Waals surface area contributed by atoms with Gasteiger partial charge in [0.2, 0.25) is 0 Å². The summed E-state index contributed by atoms with van der Waals surface area (Å²) in [5.74, 6) is 1.31. The number of hydrogen-bond donors (Lipinski definition) is 3. The summed E-state index contributed by atoms with van der Waals surface area (Å²) in [6.07, 6.45) is 5.65. The molecule has 2 heterocycles. The van der Waals surface area contributed by atoms with Crippen molar-refractivity contribution in [1.29, 1.82) is 0 Å². The first-order chi connectivity index (χ1) is 13.7. The van der Waals surface area contributed by atoms with E-state index < -0.39 is 0 Å². The summed E-state index contributed by atoms with van der Waals surface area (Å²) in [4.78, 5) is 16.6. The molecule has 154 valence electrons. The first-order valence-corrected chi connectivity index (χ1v) is 9.19. The molecule has 0 aliphatic carbocycles. The third-order valence-electron chi connectivity index (χ3n) is 4.20. The number of halogens is 1. The Balaban J connectivity index is 0.00000300. The third-order valence-corrected chi connectivity index (χ3v) is 4.20. The van der Waals surface area contributed by atoms with Crippen LogP contribution in [0.3, 0.4) is 0 Å². The maximum atomic E-state index is 12.3. The van der Waals surface area contributed by atoms with E-state index in [-0.39, 0.29) is 29.9 Å². The largest absolute Gasteiger partial charge is 0.467 e. The van der Waals surface area contributed by atoms with Crippen LogP contribution < -0.4 is 16.0 Å². The molecule has 3 N–H and O–H groups in total. The summed E-state index contributed by atoms with van der Waals surface area (Å²) < 4.78 is 7.33. The third kappa shape index (κ3) is 7.30. The highest BCUT2D eigenvalue weighted by Gasteiger charge is 2.07. The average Bonchev–Trinajstić information content (AvgIpc) is 3.43. The SMILES string of the molecule is CN=C(NCCn1cccc1)NCc1cccc(C(=O)NCc2ccco2)c1.I. The van der Waals surface area contributed by atoms with Crippen molar-refractivity contribution in [3.05, 3.63) is 84.1 Å². The van der Waals surface area contributed by atoms with Crippen LogP contribution in [-0.4, -0.2) is 30.0 Å². The normalized spacial score (nSPS) is 10.9. The number of rotatable bonds is 8. The zero-order valence-corrected chi connectivity index (χ0v) is 18.6. The molecule has 0 atom stereocenters. The van der Waals surface area contributed by atoms with Crippen molar-refractivity contribution >= 4 is 35.8 Å². The Hall–Kier alpha value is -2.75. The zero-order valence-electron chi connectivity index (χ0n) is 16.3. The Morgan fingerprint density at radius 1 is 1.03 bits per heavy atom. The molecule has 8 heteroatoms. The molecule has 7 nitrogen and oxygen atoms in total. The number of amides is 1. The van der Waals surface area contributed by atoms with Gasteiger partial charge in [-0.15, -0.1) is 24.0 Å². The predicted molar refractivity (Wildman–Crippen MR) is 124 cm³/mol. The highest BCUT2D eigenvalue weighted by molar-refractivity contribution is 14.0. The lowest BCUT2D eigenvalue weighted by Crippen LogP contribution is -2.38. The molecule has 2 aromatic heterocycles. The molecule has 0 saturated carbocycles. The van der Waals surface area contributed by atoms with Crippen molar-refractivity contribution in [2.75, 3.05) is 13.6 Å².